The van der Waals surface area contributed by atoms with Gasteiger partial charge in [0.2, 0.25) is 0 Å². The van der Waals surface area contributed by atoms with Crippen LogP contribution in [0.3, 0.4) is 0 Å². The third-order valence-electron chi connectivity index (χ3n) is 4.42. The van der Waals surface area contributed by atoms with Crippen molar-refractivity contribution in [2.45, 2.75) is 46.0 Å². The van der Waals surface area contributed by atoms with Crippen LogP contribution in [0.4, 0.5) is 0 Å². The maximum Gasteiger partial charge on any atom is 0.336 e. The lowest BCUT2D eigenvalue weighted by Gasteiger charge is -2.14. The van der Waals surface area contributed by atoms with Gasteiger partial charge >= 0.3 is 5.97 Å². The lowest BCUT2D eigenvalue weighted by Crippen LogP contribution is -2.09. The van der Waals surface area contributed by atoms with E-state index in [1.807, 2.05) is 26.0 Å². The number of pyridine rings is 1. The van der Waals surface area contributed by atoms with Crippen LogP contribution < -0.4 is 0 Å². The van der Waals surface area contributed by atoms with Crippen LogP contribution in [0.1, 0.15) is 52.0 Å². The molecule has 0 spiro atoms. The molecule has 0 bridgehead atoms. The van der Waals surface area contributed by atoms with Crippen molar-refractivity contribution in [3.8, 4) is 0 Å². The van der Waals surface area contributed by atoms with Crippen LogP contribution in [0.15, 0.2) is 12.1 Å². The van der Waals surface area contributed by atoms with Gasteiger partial charge in [-0.3, -0.25) is 4.98 Å². The molecule has 104 valence electrons. The van der Waals surface area contributed by atoms with Gasteiger partial charge in [-0.1, -0.05) is 18.6 Å². The van der Waals surface area contributed by atoms with Crippen molar-refractivity contribution in [1.29, 1.82) is 0 Å². The highest BCUT2D eigenvalue weighted by Gasteiger charge is 2.22. The average molecular weight is 269 g/mol. The van der Waals surface area contributed by atoms with E-state index in [9.17, 15) is 9.90 Å². The predicted octanol–water partition coefficient (Wildman–Crippen LogP) is 3.82. The molecule has 3 nitrogen and oxygen atoms in total. The molecule has 20 heavy (non-hydrogen) atoms. The number of benzene rings is 1. The highest BCUT2D eigenvalue weighted by molar-refractivity contribution is 6.05. The molecule has 1 aromatic carbocycles. The summed E-state index contributed by atoms with van der Waals surface area (Å²) in [5.74, 6) is -0.821. The Balaban J connectivity index is 2.42. The molecule has 0 saturated carbocycles. The van der Waals surface area contributed by atoms with E-state index in [-0.39, 0.29) is 0 Å². The van der Waals surface area contributed by atoms with Crippen molar-refractivity contribution in [2.24, 2.45) is 0 Å². The molecule has 1 N–H and O–H groups in total. The first-order valence-electron chi connectivity index (χ1n) is 7.24. The first kappa shape index (κ1) is 13.1. The normalized spacial score (nSPS) is 14.9. The quantitative estimate of drug-likeness (QED) is 0.801. The second-order valence-corrected chi connectivity index (χ2v) is 5.68. The Hall–Kier alpha value is -1.90. The van der Waals surface area contributed by atoms with Crippen LogP contribution in [-0.2, 0) is 12.8 Å². The van der Waals surface area contributed by atoms with Crippen molar-refractivity contribution in [1.82, 2.24) is 4.98 Å². The Labute approximate surface area is 118 Å². The smallest absolute Gasteiger partial charge is 0.336 e. The van der Waals surface area contributed by atoms with Gasteiger partial charge in [0.25, 0.3) is 0 Å². The second-order valence-electron chi connectivity index (χ2n) is 5.68. The van der Waals surface area contributed by atoms with E-state index in [2.05, 4.69) is 0 Å². The molecule has 0 saturated heterocycles. The van der Waals surface area contributed by atoms with Gasteiger partial charge in [-0.2, -0.15) is 0 Å². The minimum absolute atomic E-state index is 0.481. The van der Waals surface area contributed by atoms with E-state index in [4.69, 9.17) is 4.98 Å². The second kappa shape index (κ2) is 4.89. The fourth-order valence-corrected chi connectivity index (χ4v) is 3.15. The minimum atomic E-state index is -0.821. The van der Waals surface area contributed by atoms with Crippen molar-refractivity contribution in [3.63, 3.8) is 0 Å². The molecule has 0 amide bonds. The van der Waals surface area contributed by atoms with Gasteiger partial charge in [0.05, 0.1) is 11.1 Å². The monoisotopic (exact) mass is 269 g/mol. The van der Waals surface area contributed by atoms with Crippen LogP contribution in [-0.4, -0.2) is 16.1 Å². The number of carboxylic acid groups (broad SMARTS) is 1. The Morgan fingerprint density at radius 1 is 1.15 bits per heavy atom. The van der Waals surface area contributed by atoms with E-state index >= 15 is 0 Å². The summed E-state index contributed by atoms with van der Waals surface area (Å²) in [6.45, 7) is 4.07. The Kier molecular flexibility index (Phi) is 3.20. The Morgan fingerprint density at radius 2 is 1.90 bits per heavy atom. The molecule has 1 aromatic heterocycles. The van der Waals surface area contributed by atoms with Crippen molar-refractivity contribution in [2.75, 3.05) is 0 Å². The lowest BCUT2D eigenvalue weighted by molar-refractivity contribution is 0.0697. The van der Waals surface area contributed by atoms with E-state index in [0.29, 0.717) is 5.56 Å². The number of aryl methyl sites for hydroxylation is 3. The van der Waals surface area contributed by atoms with Gasteiger partial charge < -0.3 is 5.11 Å². The van der Waals surface area contributed by atoms with Crippen LogP contribution in [0, 0.1) is 13.8 Å². The van der Waals surface area contributed by atoms with Crippen molar-refractivity contribution < 1.29 is 9.90 Å². The molecule has 3 heteroatoms. The van der Waals surface area contributed by atoms with E-state index in [1.165, 1.54) is 0 Å². The fourth-order valence-electron chi connectivity index (χ4n) is 3.15. The molecule has 0 unspecified atom stereocenters. The zero-order chi connectivity index (χ0) is 14.3. The van der Waals surface area contributed by atoms with Crippen LogP contribution in [0.2, 0.25) is 0 Å². The topological polar surface area (TPSA) is 50.2 Å². The summed E-state index contributed by atoms with van der Waals surface area (Å²) in [6.07, 6.45) is 5.07. The van der Waals surface area contributed by atoms with Gasteiger partial charge in [0, 0.05) is 11.1 Å². The van der Waals surface area contributed by atoms with Gasteiger partial charge in [-0.05, 0) is 56.2 Å². The van der Waals surface area contributed by atoms with Crippen molar-refractivity contribution >= 4 is 16.9 Å². The molecule has 1 heterocycles. The van der Waals surface area contributed by atoms with Gasteiger partial charge in [-0.15, -0.1) is 0 Å². The Morgan fingerprint density at radius 3 is 2.65 bits per heavy atom. The molecule has 2 aromatic rings. The van der Waals surface area contributed by atoms with E-state index in [0.717, 1.165) is 65.4 Å². The zero-order valence-corrected chi connectivity index (χ0v) is 12.0. The molecule has 0 atom stereocenters. The number of aromatic carboxylic acids is 1. The summed E-state index contributed by atoms with van der Waals surface area (Å²) >= 11 is 0. The number of hydrogen-bond acceptors (Lipinski definition) is 2. The van der Waals surface area contributed by atoms with Gasteiger partial charge in [0.1, 0.15) is 0 Å². The molecule has 1 aliphatic carbocycles. The maximum absolute atomic E-state index is 11.8. The summed E-state index contributed by atoms with van der Waals surface area (Å²) in [5, 5.41) is 10.5. The highest BCUT2D eigenvalue weighted by atomic mass is 16.4. The number of fused-ring (bicyclic) bond motifs is 2. The van der Waals surface area contributed by atoms with Gasteiger partial charge in [0.15, 0.2) is 0 Å². The summed E-state index contributed by atoms with van der Waals surface area (Å²) < 4.78 is 0. The fraction of sp³-hybridized carbons (Fsp3) is 0.412. The van der Waals surface area contributed by atoms with E-state index < -0.39 is 5.97 Å². The summed E-state index contributed by atoms with van der Waals surface area (Å²) in [4.78, 5) is 16.6. The average Bonchev–Trinajstić information content (AvgIpc) is 2.65. The number of hydrogen-bond donors (Lipinski definition) is 1. The maximum atomic E-state index is 11.8. The summed E-state index contributed by atoms with van der Waals surface area (Å²) in [5.41, 5.74) is 5.57. The largest absolute Gasteiger partial charge is 0.478 e. The predicted molar refractivity (Wildman–Crippen MR) is 79.4 cm³/mol. The summed E-state index contributed by atoms with van der Waals surface area (Å²) in [6, 6.07) is 3.91. The molecule has 1 aliphatic rings. The van der Waals surface area contributed by atoms with E-state index in [1.54, 1.807) is 0 Å². The third-order valence-corrected chi connectivity index (χ3v) is 4.42. The number of nitrogens with zero attached hydrogens (tertiary/aromatic N) is 1. The molecule has 0 radical (unpaired) electrons. The molecular formula is C17H19NO2. The highest BCUT2D eigenvalue weighted by Crippen LogP contribution is 2.31. The number of aromatic nitrogens is 1. The first-order chi connectivity index (χ1) is 9.59. The van der Waals surface area contributed by atoms with Crippen LogP contribution in [0.25, 0.3) is 10.9 Å². The first-order valence-corrected chi connectivity index (χ1v) is 7.24. The molecular weight excluding hydrogens is 250 g/mol. The molecule has 0 fully saturated rings. The molecule has 3 rings (SSSR count). The lowest BCUT2D eigenvalue weighted by atomic mass is 9.94. The Bertz CT molecular complexity index is 704. The summed E-state index contributed by atoms with van der Waals surface area (Å²) in [7, 11) is 0. The zero-order valence-electron chi connectivity index (χ0n) is 12.0. The minimum Gasteiger partial charge on any atom is -0.478 e. The standard InChI is InChI=1S/C17H19NO2/c1-10-8-9-13-15(17(19)20)12-6-4-3-5-7-14(12)18-16(13)11(10)2/h8-9H,3-7H2,1-2H3,(H,19,20). The van der Waals surface area contributed by atoms with Gasteiger partial charge in [-0.25, -0.2) is 4.79 Å². The number of carbonyl (C=O) groups is 1. The number of carboxylic acids is 1. The van der Waals surface area contributed by atoms with Crippen molar-refractivity contribution in [3.05, 3.63) is 40.1 Å². The van der Waals surface area contributed by atoms with Crippen LogP contribution in [0.5, 0.6) is 0 Å². The number of rotatable bonds is 1. The third kappa shape index (κ3) is 1.98. The van der Waals surface area contributed by atoms with Crippen LogP contribution >= 0.6 is 0 Å². The molecule has 0 aliphatic heterocycles. The SMILES string of the molecule is Cc1ccc2c(C(=O)O)c3c(nc2c1C)CCCCC3.